The van der Waals surface area contributed by atoms with Crippen molar-refractivity contribution < 1.29 is 14.7 Å². The van der Waals surface area contributed by atoms with Crippen molar-refractivity contribution in [3.05, 3.63) is 48.3 Å². The minimum atomic E-state index is -0.914. The molecule has 0 saturated carbocycles. The van der Waals surface area contributed by atoms with Crippen LogP contribution in [0.2, 0.25) is 0 Å². The highest BCUT2D eigenvalue weighted by Gasteiger charge is 2.16. The molecule has 0 bridgehead atoms. The largest absolute Gasteiger partial charge is 0.481 e. The number of benzene rings is 1. The molecule has 128 valence electrons. The van der Waals surface area contributed by atoms with Gasteiger partial charge in [0.1, 0.15) is 0 Å². The lowest BCUT2D eigenvalue weighted by molar-refractivity contribution is -0.141. The third kappa shape index (κ3) is 4.84. The zero-order valence-corrected chi connectivity index (χ0v) is 13.8. The van der Waals surface area contributed by atoms with Gasteiger partial charge in [0.15, 0.2) is 0 Å². The van der Waals surface area contributed by atoms with Crippen LogP contribution in [0.3, 0.4) is 0 Å². The van der Waals surface area contributed by atoms with E-state index < -0.39 is 11.9 Å². The van der Waals surface area contributed by atoms with Gasteiger partial charge in [0.05, 0.1) is 17.8 Å². The van der Waals surface area contributed by atoms with E-state index in [9.17, 15) is 9.59 Å². The van der Waals surface area contributed by atoms with Crippen LogP contribution in [0.25, 0.3) is 5.69 Å². The quantitative estimate of drug-likeness (QED) is 0.810. The lowest BCUT2D eigenvalue weighted by Crippen LogP contribution is -2.41. The van der Waals surface area contributed by atoms with E-state index in [4.69, 9.17) is 5.11 Å². The summed E-state index contributed by atoms with van der Waals surface area (Å²) in [5.74, 6) is -1.51. The standard InChI is InChI=1S/C17H22N4O3/c1-13(16(22)23)11-20(2)17(24)18-9-8-14-10-19-21(12-14)15-6-4-3-5-7-15/h3-7,10,12-13H,8-9,11H2,1-2H3,(H,18,24)(H,22,23). The molecule has 2 N–H and O–H groups in total. The van der Waals surface area contributed by atoms with Crippen molar-refractivity contribution in [3.8, 4) is 5.69 Å². The van der Waals surface area contributed by atoms with E-state index in [1.54, 1.807) is 24.9 Å². The monoisotopic (exact) mass is 330 g/mol. The Hall–Kier alpha value is -2.83. The number of aromatic nitrogens is 2. The van der Waals surface area contributed by atoms with Crippen molar-refractivity contribution in [2.75, 3.05) is 20.1 Å². The fourth-order valence-electron chi connectivity index (χ4n) is 2.23. The molecule has 0 aliphatic carbocycles. The maximum absolute atomic E-state index is 11.9. The summed E-state index contributed by atoms with van der Waals surface area (Å²) in [4.78, 5) is 24.1. The van der Waals surface area contributed by atoms with E-state index in [0.29, 0.717) is 13.0 Å². The van der Waals surface area contributed by atoms with Crippen LogP contribution in [0.5, 0.6) is 0 Å². The van der Waals surface area contributed by atoms with Crippen molar-refractivity contribution in [2.45, 2.75) is 13.3 Å². The van der Waals surface area contributed by atoms with Crippen molar-refractivity contribution >= 4 is 12.0 Å². The molecular formula is C17H22N4O3. The summed E-state index contributed by atoms with van der Waals surface area (Å²) in [6, 6.07) is 9.51. The molecule has 0 fully saturated rings. The highest BCUT2D eigenvalue weighted by Crippen LogP contribution is 2.07. The van der Waals surface area contributed by atoms with Crippen LogP contribution in [0.15, 0.2) is 42.7 Å². The Morgan fingerprint density at radius 2 is 2.04 bits per heavy atom. The number of nitrogens with one attached hydrogen (secondary N) is 1. The number of hydrogen-bond acceptors (Lipinski definition) is 3. The first kappa shape index (κ1) is 17.5. The van der Waals surface area contributed by atoms with Crippen LogP contribution in [-0.2, 0) is 11.2 Å². The maximum Gasteiger partial charge on any atom is 0.317 e. The number of nitrogens with zero attached hydrogens (tertiary/aromatic N) is 3. The minimum absolute atomic E-state index is 0.174. The molecule has 0 saturated heterocycles. The Morgan fingerprint density at radius 3 is 2.71 bits per heavy atom. The number of carboxylic acids is 1. The molecule has 24 heavy (non-hydrogen) atoms. The summed E-state index contributed by atoms with van der Waals surface area (Å²) < 4.78 is 1.79. The highest BCUT2D eigenvalue weighted by molar-refractivity contribution is 5.75. The Morgan fingerprint density at radius 1 is 1.33 bits per heavy atom. The van der Waals surface area contributed by atoms with E-state index in [2.05, 4.69) is 10.4 Å². The van der Waals surface area contributed by atoms with E-state index in [1.807, 2.05) is 36.5 Å². The van der Waals surface area contributed by atoms with Gasteiger partial charge < -0.3 is 15.3 Å². The molecule has 0 spiro atoms. The topological polar surface area (TPSA) is 87.5 Å². The molecule has 2 amide bonds. The fourth-order valence-corrected chi connectivity index (χ4v) is 2.23. The number of carbonyl (C=O) groups excluding carboxylic acids is 1. The molecule has 2 rings (SSSR count). The van der Waals surface area contributed by atoms with E-state index in [-0.39, 0.29) is 12.6 Å². The van der Waals surface area contributed by atoms with E-state index in [0.717, 1.165) is 11.3 Å². The van der Waals surface area contributed by atoms with E-state index in [1.165, 1.54) is 4.90 Å². The molecule has 1 atom stereocenters. The van der Waals surface area contributed by atoms with Crippen molar-refractivity contribution in [3.63, 3.8) is 0 Å². The van der Waals surface area contributed by atoms with Crippen LogP contribution >= 0.6 is 0 Å². The Bertz CT molecular complexity index is 684. The number of urea groups is 1. The average Bonchev–Trinajstić information content (AvgIpc) is 3.04. The predicted octanol–water partition coefficient (Wildman–Crippen LogP) is 1.78. The lowest BCUT2D eigenvalue weighted by Gasteiger charge is -2.19. The van der Waals surface area contributed by atoms with Crippen molar-refractivity contribution in [1.29, 1.82) is 0 Å². The maximum atomic E-state index is 11.9. The molecule has 0 radical (unpaired) electrons. The second-order valence-electron chi connectivity index (χ2n) is 5.73. The lowest BCUT2D eigenvalue weighted by atomic mass is 10.2. The molecule has 1 heterocycles. The summed E-state index contributed by atoms with van der Waals surface area (Å²) in [5.41, 5.74) is 2.00. The molecule has 1 aromatic heterocycles. The summed E-state index contributed by atoms with van der Waals surface area (Å²) in [6.45, 7) is 2.21. The summed E-state index contributed by atoms with van der Waals surface area (Å²) in [7, 11) is 1.59. The number of para-hydroxylation sites is 1. The first-order valence-corrected chi connectivity index (χ1v) is 7.78. The molecule has 7 heteroatoms. The second kappa shape index (κ2) is 8.14. The van der Waals surface area contributed by atoms with E-state index >= 15 is 0 Å². The molecule has 0 aliphatic heterocycles. The first-order valence-electron chi connectivity index (χ1n) is 7.78. The van der Waals surface area contributed by atoms with Crippen LogP contribution < -0.4 is 5.32 Å². The van der Waals surface area contributed by atoms with Crippen LogP contribution in [-0.4, -0.2) is 51.9 Å². The zero-order valence-electron chi connectivity index (χ0n) is 13.8. The molecular weight excluding hydrogens is 308 g/mol. The Labute approximate surface area is 140 Å². The Balaban J connectivity index is 1.79. The molecule has 0 aliphatic rings. The molecule has 1 unspecified atom stereocenters. The number of carbonyl (C=O) groups is 2. The average molecular weight is 330 g/mol. The van der Waals surface area contributed by atoms with Gasteiger partial charge in [-0.2, -0.15) is 5.10 Å². The third-order valence-corrected chi connectivity index (χ3v) is 3.66. The molecule has 7 nitrogen and oxygen atoms in total. The van der Waals surface area contributed by atoms with Gasteiger partial charge in [0.2, 0.25) is 0 Å². The number of carboxylic acid groups (broad SMARTS) is 1. The van der Waals surface area contributed by atoms with Gasteiger partial charge in [0.25, 0.3) is 0 Å². The predicted molar refractivity (Wildman–Crippen MR) is 90.1 cm³/mol. The highest BCUT2D eigenvalue weighted by atomic mass is 16.4. The SMILES string of the molecule is CC(CN(C)C(=O)NCCc1cnn(-c2ccccc2)c1)C(=O)O. The summed E-state index contributed by atoms with van der Waals surface area (Å²) >= 11 is 0. The van der Waals surface area contributed by atoms with Crippen molar-refractivity contribution in [2.24, 2.45) is 5.92 Å². The van der Waals surface area contributed by atoms with Gasteiger partial charge >= 0.3 is 12.0 Å². The second-order valence-corrected chi connectivity index (χ2v) is 5.73. The molecule has 1 aromatic carbocycles. The van der Waals surface area contributed by atoms with Gasteiger partial charge in [0, 0.05) is 26.3 Å². The van der Waals surface area contributed by atoms with Crippen molar-refractivity contribution in [1.82, 2.24) is 20.0 Å². The minimum Gasteiger partial charge on any atom is -0.481 e. The first-order chi connectivity index (χ1) is 11.5. The third-order valence-electron chi connectivity index (χ3n) is 3.66. The van der Waals surface area contributed by atoms with Crippen LogP contribution in [0.4, 0.5) is 4.79 Å². The number of rotatable bonds is 7. The smallest absolute Gasteiger partial charge is 0.317 e. The Kier molecular flexibility index (Phi) is 5.95. The van der Waals surface area contributed by atoms with Gasteiger partial charge in [-0.05, 0) is 24.1 Å². The molecule has 2 aromatic rings. The van der Waals surface area contributed by atoms with Gasteiger partial charge in [-0.25, -0.2) is 9.48 Å². The zero-order chi connectivity index (χ0) is 17.5. The van der Waals surface area contributed by atoms with Crippen LogP contribution in [0.1, 0.15) is 12.5 Å². The van der Waals surface area contributed by atoms with Gasteiger partial charge in [-0.1, -0.05) is 25.1 Å². The van der Waals surface area contributed by atoms with Crippen LogP contribution in [0, 0.1) is 5.92 Å². The normalized spacial score (nSPS) is 11.8. The van der Waals surface area contributed by atoms with Gasteiger partial charge in [-0.3, -0.25) is 4.79 Å². The number of aliphatic carboxylic acids is 1. The summed E-state index contributed by atoms with van der Waals surface area (Å²) in [5, 5.41) is 16.0. The van der Waals surface area contributed by atoms with Gasteiger partial charge in [-0.15, -0.1) is 0 Å². The summed E-state index contributed by atoms with van der Waals surface area (Å²) in [6.07, 6.45) is 4.36. The fraction of sp³-hybridized carbons (Fsp3) is 0.353. The number of hydrogen-bond donors (Lipinski definition) is 2. The number of amides is 2.